The van der Waals surface area contributed by atoms with Crippen molar-refractivity contribution in [1.29, 1.82) is 0 Å². The van der Waals surface area contributed by atoms with Crippen LogP contribution in [0.2, 0.25) is 0 Å². The Balaban J connectivity index is 1.92. The topological polar surface area (TPSA) is 64.4 Å². The van der Waals surface area contributed by atoms with E-state index in [-0.39, 0.29) is 5.91 Å². The molecular weight excluding hydrogens is 264 g/mol. The van der Waals surface area contributed by atoms with Gasteiger partial charge in [0.05, 0.1) is 5.54 Å². The normalized spacial score (nSPS) is 11.0. The zero-order valence-electron chi connectivity index (χ0n) is 12.3. The third-order valence-electron chi connectivity index (χ3n) is 2.95. The Kier molecular flexibility index (Phi) is 4.60. The molecule has 0 spiro atoms. The quantitative estimate of drug-likeness (QED) is 0.887. The highest BCUT2D eigenvalue weighted by atomic mass is 16.5. The molecule has 2 rings (SSSR count). The van der Waals surface area contributed by atoms with E-state index in [4.69, 9.17) is 10.5 Å². The van der Waals surface area contributed by atoms with Crippen molar-refractivity contribution in [3.8, 4) is 5.75 Å². The number of carbonyl (C=O) groups excluding carboxylic acids is 1. The number of hydrogen-bond acceptors (Lipinski definition) is 3. The first kappa shape index (κ1) is 15.1. The second-order valence-corrected chi connectivity index (χ2v) is 5.47. The number of benzene rings is 2. The van der Waals surface area contributed by atoms with Gasteiger partial charge in [-0.1, -0.05) is 30.3 Å². The lowest BCUT2D eigenvalue weighted by atomic mass is 10.1. The fourth-order valence-electron chi connectivity index (χ4n) is 1.67. The molecule has 0 aromatic heterocycles. The van der Waals surface area contributed by atoms with Crippen LogP contribution < -0.4 is 15.8 Å². The average Bonchev–Trinajstić information content (AvgIpc) is 2.46. The second-order valence-electron chi connectivity index (χ2n) is 5.47. The van der Waals surface area contributed by atoms with Crippen LogP contribution in [0.5, 0.6) is 5.75 Å². The van der Waals surface area contributed by atoms with E-state index in [1.807, 2.05) is 42.5 Å². The van der Waals surface area contributed by atoms with Gasteiger partial charge in [-0.25, -0.2) is 0 Å². The van der Waals surface area contributed by atoms with Crippen LogP contribution in [0.25, 0.3) is 0 Å². The summed E-state index contributed by atoms with van der Waals surface area (Å²) >= 11 is 0. The molecule has 4 heteroatoms. The monoisotopic (exact) mass is 284 g/mol. The van der Waals surface area contributed by atoms with E-state index in [1.54, 1.807) is 26.0 Å². The van der Waals surface area contributed by atoms with E-state index in [0.717, 1.165) is 11.3 Å². The Morgan fingerprint density at radius 1 is 1.10 bits per heavy atom. The third-order valence-corrected chi connectivity index (χ3v) is 2.95. The van der Waals surface area contributed by atoms with Crippen molar-refractivity contribution in [2.24, 2.45) is 5.73 Å². The smallest absolute Gasteiger partial charge is 0.243 e. The van der Waals surface area contributed by atoms with Gasteiger partial charge in [0.1, 0.15) is 12.4 Å². The average molecular weight is 284 g/mol. The molecule has 4 nitrogen and oxygen atoms in total. The minimum Gasteiger partial charge on any atom is -0.489 e. The van der Waals surface area contributed by atoms with E-state index in [9.17, 15) is 4.79 Å². The van der Waals surface area contributed by atoms with Crippen LogP contribution in [0.1, 0.15) is 19.4 Å². The Hall–Kier alpha value is -2.33. The lowest BCUT2D eigenvalue weighted by Gasteiger charge is -2.17. The Bertz CT molecular complexity index is 586. The maximum Gasteiger partial charge on any atom is 0.243 e. The number of rotatable bonds is 5. The molecule has 0 heterocycles. The Morgan fingerprint density at radius 2 is 1.71 bits per heavy atom. The lowest BCUT2D eigenvalue weighted by molar-refractivity contribution is -0.120. The van der Waals surface area contributed by atoms with Gasteiger partial charge in [-0.3, -0.25) is 4.79 Å². The number of nitrogens with two attached hydrogens (primary N) is 1. The molecule has 0 fully saturated rings. The van der Waals surface area contributed by atoms with Gasteiger partial charge < -0.3 is 15.8 Å². The summed E-state index contributed by atoms with van der Waals surface area (Å²) < 4.78 is 5.68. The standard InChI is InChI=1S/C17H20N2O2/c1-17(2,18)16(20)19-14-8-10-15(11-9-14)21-12-13-6-4-3-5-7-13/h3-11H,12,18H2,1-2H3,(H,19,20). The molecule has 0 bridgehead atoms. The van der Waals surface area contributed by atoms with Gasteiger partial charge in [0, 0.05) is 5.69 Å². The second kappa shape index (κ2) is 6.41. The molecule has 3 N–H and O–H groups in total. The van der Waals surface area contributed by atoms with E-state index in [0.29, 0.717) is 12.3 Å². The van der Waals surface area contributed by atoms with Crippen LogP contribution in [0.15, 0.2) is 54.6 Å². The van der Waals surface area contributed by atoms with Gasteiger partial charge in [0.15, 0.2) is 0 Å². The SMILES string of the molecule is CC(C)(N)C(=O)Nc1ccc(OCc2ccccc2)cc1. The van der Waals surface area contributed by atoms with Gasteiger partial charge in [-0.2, -0.15) is 0 Å². The Labute approximate surface area is 124 Å². The van der Waals surface area contributed by atoms with Crippen molar-refractivity contribution >= 4 is 11.6 Å². The molecule has 0 saturated carbocycles. The highest BCUT2D eigenvalue weighted by Gasteiger charge is 2.21. The van der Waals surface area contributed by atoms with Gasteiger partial charge in [-0.05, 0) is 43.7 Å². The molecule has 0 saturated heterocycles. The number of carbonyl (C=O) groups is 1. The first-order chi connectivity index (χ1) is 9.95. The molecule has 0 atom stereocenters. The Morgan fingerprint density at radius 3 is 2.29 bits per heavy atom. The van der Waals surface area contributed by atoms with Crippen molar-refractivity contribution < 1.29 is 9.53 Å². The van der Waals surface area contributed by atoms with E-state index < -0.39 is 5.54 Å². The lowest BCUT2D eigenvalue weighted by Crippen LogP contribution is -2.45. The van der Waals surface area contributed by atoms with Crippen molar-refractivity contribution in [2.75, 3.05) is 5.32 Å². The minimum absolute atomic E-state index is 0.222. The zero-order valence-corrected chi connectivity index (χ0v) is 12.3. The predicted octanol–water partition coefficient (Wildman–Crippen LogP) is 2.94. The van der Waals surface area contributed by atoms with Gasteiger partial charge in [-0.15, -0.1) is 0 Å². The van der Waals surface area contributed by atoms with Gasteiger partial charge in [0.25, 0.3) is 0 Å². The first-order valence-corrected chi connectivity index (χ1v) is 6.82. The van der Waals surface area contributed by atoms with E-state index >= 15 is 0 Å². The van der Waals surface area contributed by atoms with Crippen LogP contribution in [0.3, 0.4) is 0 Å². The molecule has 0 aliphatic carbocycles. The highest BCUT2D eigenvalue weighted by molar-refractivity contribution is 5.97. The predicted molar refractivity (Wildman–Crippen MR) is 84.1 cm³/mol. The molecular formula is C17H20N2O2. The molecule has 110 valence electrons. The largest absolute Gasteiger partial charge is 0.489 e. The number of ether oxygens (including phenoxy) is 1. The van der Waals surface area contributed by atoms with Crippen molar-refractivity contribution in [1.82, 2.24) is 0 Å². The summed E-state index contributed by atoms with van der Waals surface area (Å²) in [5, 5.41) is 2.76. The van der Waals surface area contributed by atoms with E-state index in [2.05, 4.69) is 5.32 Å². The molecule has 0 radical (unpaired) electrons. The van der Waals surface area contributed by atoms with Crippen molar-refractivity contribution in [2.45, 2.75) is 26.0 Å². The van der Waals surface area contributed by atoms with Crippen LogP contribution >= 0.6 is 0 Å². The fraction of sp³-hybridized carbons (Fsp3) is 0.235. The summed E-state index contributed by atoms with van der Waals surface area (Å²) in [4.78, 5) is 11.8. The molecule has 2 aromatic rings. The van der Waals surface area contributed by atoms with Crippen LogP contribution in [0, 0.1) is 0 Å². The molecule has 0 aliphatic rings. The molecule has 21 heavy (non-hydrogen) atoms. The summed E-state index contributed by atoms with van der Waals surface area (Å²) in [5.74, 6) is 0.532. The fourth-order valence-corrected chi connectivity index (χ4v) is 1.67. The zero-order chi connectivity index (χ0) is 15.3. The van der Waals surface area contributed by atoms with Crippen LogP contribution in [-0.2, 0) is 11.4 Å². The summed E-state index contributed by atoms with van der Waals surface area (Å²) in [6, 6.07) is 17.2. The molecule has 2 aromatic carbocycles. The van der Waals surface area contributed by atoms with Crippen molar-refractivity contribution in [3.63, 3.8) is 0 Å². The maximum absolute atomic E-state index is 11.8. The summed E-state index contributed by atoms with van der Waals surface area (Å²) in [6.45, 7) is 3.85. The summed E-state index contributed by atoms with van der Waals surface area (Å²) in [5.41, 5.74) is 6.64. The van der Waals surface area contributed by atoms with Gasteiger partial charge in [0.2, 0.25) is 5.91 Å². The minimum atomic E-state index is -0.900. The van der Waals surface area contributed by atoms with Gasteiger partial charge >= 0.3 is 0 Å². The van der Waals surface area contributed by atoms with Crippen LogP contribution in [-0.4, -0.2) is 11.4 Å². The highest BCUT2D eigenvalue weighted by Crippen LogP contribution is 2.17. The number of anilines is 1. The summed E-state index contributed by atoms with van der Waals surface area (Å²) in [6.07, 6.45) is 0. The number of amides is 1. The first-order valence-electron chi connectivity index (χ1n) is 6.82. The van der Waals surface area contributed by atoms with Crippen molar-refractivity contribution in [3.05, 3.63) is 60.2 Å². The van der Waals surface area contributed by atoms with E-state index in [1.165, 1.54) is 0 Å². The van der Waals surface area contributed by atoms with Crippen LogP contribution in [0.4, 0.5) is 5.69 Å². The number of nitrogens with one attached hydrogen (secondary N) is 1. The molecule has 0 unspecified atom stereocenters. The maximum atomic E-state index is 11.8. The summed E-state index contributed by atoms with van der Waals surface area (Å²) in [7, 11) is 0. The molecule has 1 amide bonds. The number of hydrogen-bond donors (Lipinski definition) is 2. The molecule has 0 aliphatic heterocycles. The third kappa shape index (κ3) is 4.61.